The number of aliphatic imine (C=N–C) groups is 1. The number of benzene rings is 1. The van der Waals surface area contributed by atoms with Gasteiger partial charge in [0.25, 0.3) is 0 Å². The van der Waals surface area contributed by atoms with Crippen molar-refractivity contribution < 1.29 is 0 Å². The average molecular weight is 427 g/mol. The zero-order valence-corrected chi connectivity index (χ0v) is 16.1. The van der Waals surface area contributed by atoms with Gasteiger partial charge in [-0.1, -0.05) is 44.2 Å². The van der Waals surface area contributed by atoms with Crippen molar-refractivity contribution in [1.82, 2.24) is 14.9 Å². The molecule has 0 amide bonds. The molecule has 0 radical (unpaired) electrons. The second-order valence-electron chi connectivity index (χ2n) is 5.75. The van der Waals surface area contributed by atoms with Crippen LogP contribution in [-0.4, -0.2) is 22.1 Å². The quantitative estimate of drug-likeness (QED) is 0.406. The summed E-state index contributed by atoms with van der Waals surface area (Å²) in [6, 6.07) is 10.4. The van der Waals surface area contributed by atoms with Crippen LogP contribution in [0.4, 0.5) is 0 Å². The van der Waals surface area contributed by atoms with Gasteiger partial charge in [0.15, 0.2) is 5.96 Å². The van der Waals surface area contributed by atoms with Crippen molar-refractivity contribution in [2.75, 3.05) is 6.54 Å². The number of aromatic nitrogens is 2. The molecule has 0 aliphatic heterocycles. The Kier molecular flexibility index (Phi) is 8.68. The number of halogens is 1. The highest BCUT2D eigenvalue weighted by molar-refractivity contribution is 14.0. The summed E-state index contributed by atoms with van der Waals surface area (Å²) in [6.45, 7) is 6.50. The van der Waals surface area contributed by atoms with Crippen LogP contribution in [0.15, 0.2) is 47.7 Å². The van der Waals surface area contributed by atoms with Gasteiger partial charge < -0.3 is 15.6 Å². The number of guanidine groups is 1. The third-order valence-electron chi connectivity index (χ3n) is 3.37. The van der Waals surface area contributed by atoms with Crippen molar-refractivity contribution in [3.63, 3.8) is 0 Å². The fourth-order valence-electron chi connectivity index (χ4n) is 2.11. The molecular weight excluding hydrogens is 401 g/mol. The lowest BCUT2D eigenvalue weighted by Crippen LogP contribution is -2.34. The molecule has 1 aromatic heterocycles. The van der Waals surface area contributed by atoms with Gasteiger partial charge in [0, 0.05) is 25.5 Å². The minimum atomic E-state index is 0. The smallest absolute Gasteiger partial charge is 0.189 e. The van der Waals surface area contributed by atoms with E-state index in [1.165, 1.54) is 5.56 Å². The molecule has 0 fully saturated rings. The molecule has 2 rings (SSSR count). The summed E-state index contributed by atoms with van der Waals surface area (Å²) in [7, 11) is 0. The summed E-state index contributed by atoms with van der Waals surface area (Å²) in [4.78, 5) is 8.72. The number of hydrogen-bond acceptors (Lipinski definition) is 2. The summed E-state index contributed by atoms with van der Waals surface area (Å²) in [5, 5.41) is 3.11. The summed E-state index contributed by atoms with van der Waals surface area (Å²) in [6.07, 6.45) is 4.79. The first-order valence-corrected chi connectivity index (χ1v) is 7.73. The van der Waals surface area contributed by atoms with Gasteiger partial charge in [0.2, 0.25) is 0 Å². The fourth-order valence-corrected chi connectivity index (χ4v) is 2.11. The number of nitrogens with one attached hydrogen (secondary N) is 1. The topological polar surface area (TPSA) is 68.2 Å². The van der Waals surface area contributed by atoms with Crippen LogP contribution in [0.25, 0.3) is 0 Å². The molecule has 0 aliphatic carbocycles. The SMILES string of the molecule is CC(C)CNC(N)=NCc1nccn1CCc1ccccc1.I. The van der Waals surface area contributed by atoms with E-state index in [-0.39, 0.29) is 24.0 Å². The molecule has 2 aromatic rings. The molecule has 0 saturated heterocycles. The van der Waals surface area contributed by atoms with Crippen LogP contribution < -0.4 is 11.1 Å². The molecular formula is C17H26IN5. The van der Waals surface area contributed by atoms with Crippen molar-refractivity contribution in [3.05, 3.63) is 54.1 Å². The Bertz CT molecular complexity index is 592. The van der Waals surface area contributed by atoms with Crippen LogP contribution >= 0.6 is 24.0 Å². The van der Waals surface area contributed by atoms with Gasteiger partial charge in [0.05, 0.1) is 0 Å². The van der Waals surface area contributed by atoms with Crippen molar-refractivity contribution >= 4 is 29.9 Å². The van der Waals surface area contributed by atoms with E-state index in [2.05, 4.69) is 58.0 Å². The number of nitrogens with zero attached hydrogens (tertiary/aromatic N) is 3. The maximum atomic E-state index is 5.86. The number of nitrogens with two attached hydrogens (primary N) is 1. The van der Waals surface area contributed by atoms with E-state index in [1.807, 2.05) is 18.5 Å². The number of aryl methyl sites for hydroxylation is 2. The molecule has 0 spiro atoms. The largest absolute Gasteiger partial charge is 0.370 e. The van der Waals surface area contributed by atoms with Crippen molar-refractivity contribution in [2.24, 2.45) is 16.6 Å². The van der Waals surface area contributed by atoms with E-state index >= 15 is 0 Å². The second kappa shape index (κ2) is 10.3. The number of imidazole rings is 1. The molecule has 5 nitrogen and oxygen atoms in total. The Balaban J connectivity index is 0.00000264. The number of hydrogen-bond donors (Lipinski definition) is 2. The van der Waals surface area contributed by atoms with Gasteiger partial charge in [-0.15, -0.1) is 24.0 Å². The Morgan fingerprint density at radius 1 is 1.30 bits per heavy atom. The third kappa shape index (κ3) is 7.02. The van der Waals surface area contributed by atoms with Crippen LogP contribution in [0, 0.1) is 5.92 Å². The number of rotatable bonds is 7. The molecule has 0 saturated carbocycles. The first-order chi connectivity index (χ1) is 10.6. The molecule has 0 atom stereocenters. The highest BCUT2D eigenvalue weighted by Crippen LogP contribution is 2.05. The summed E-state index contributed by atoms with van der Waals surface area (Å²) < 4.78 is 2.13. The normalized spacial score (nSPS) is 11.3. The molecule has 23 heavy (non-hydrogen) atoms. The van der Waals surface area contributed by atoms with E-state index in [4.69, 9.17) is 5.73 Å². The molecule has 6 heteroatoms. The lowest BCUT2D eigenvalue weighted by Gasteiger charge is -2.09. The lowest BCUT2D eigenvalue weighted by atomic mass is 10.1. The summed E-state index contributed by atoms with van der Waals surface area (Å²) in [5.41, 5.74) is 7.18. The van der Waals surface area contributed by atoms with Crippen LogP contribution in [-0.2, 0) is 19.5 Å². The third-order valence-corrected chi connectivity index (χ3v) is 3.37. The standard InChI is InChI=1S/C17H25N5.HI/c1-14(2)12-20-17(18)21-13-16-19-9-11-22(16)10-8-15-6-4-3-5-7-15;/h3-7,9,11,14H,8,10,12-13H2,1-2H3,(H3,18,20,21);1H. The molecule has 1 heterocycles. The Labute approximate surface area is 155 Å². The first-order valence-electron chi connectivity index (χ1n) is 7.73. The maximum Gasteiger partial charge on any atom is 0.189 e. The summed E-state index contributed by atoms with van der Waals surface area (Å²) in [5.74, 6) is 1.96. The highest BCUT2D eigenvalue weighted by atomic mass is 127. The Hall–Kier alpha value is -1.57. The van der Waals surface area contributed by atoms with Crippen molar-refractivity contribution in [1.29, 1.82) is 0 Å². The van der Waals surface area contributed by atoms with Gasteiger partial charge in [-0.3, -0.25) is 0 Å². The zero-order valence-electron chi connectivity index (χ0n) is 13.8. The van der Waals surface area contributed by atoms with Crippen molar-refractivity contribution in [2.45, 2.75) is 33.4 Å². The molecule has 3 N–H and O–H groups in total. The highest BCUT2D eigenvalue weighted by Gasteiger charge is 2.03. The van der Waals surface area contributed by atoms with Gasteiger partial charge in [-0.2, -0.15) is 0 Å². The monoisotopic (exact) mass is 427 g/mol. The molecule has 0 unspecified atom stereocenters. The van der Waals surface area contributed by atoms with Gasteiger partial charge in [0.1, 0.15) is 12.4 Å². The van der Waals surface area contributed by atoms with Gasteiger partial charge >= 0.3 is 0 Å². The zero-order chi connectivity index (χ0) is 15.8. The van der Waals surface area contributed by atoms with Gasteiger partial charge in [-0.05, 0) is 17.9 Å². The molecule has 126 valence electrons. The van der Waals surface area contributed by atoms with E-state index < -0.39 is 0 Å². The van der Waals surface area contributed by atoms with E-state index in [1.54, 1.807) is 0 Å². The Morgan fingerprint density at radius 3 is 2.74 bits per heavy atom. The fraction of sp³-hybridized carbons (Fsp3) is 0.412. The lowest BCUT2D eigenvalue weighted by molar-refractivity contribution is 0.619. The van der Waals surface area contributed by atoms with E-state index in [0.29, 0.717) is 18.4 Å². The summed E-state index contributed by atoms with van der Waals surface area (Å²) >= 11 is 0. The van der Waals surface area contributed by atoms with Crippen LogP contribution in [0.3, 0.4) is 0 Å². The predicted octanol–water partition coefficient (Wildman–Crippen LogP) is 2.80. The second-order valence-corrected chi connectivity index (χ2v) is 5.75. The van der Waals surface area contributed by atoms with Crippen LogP contribution in [0.2, 0.25) is 0 Å². The Morgan fingerprint density at radius 2 is 2.04 bits per heavy atom. The minimum Gasteiger partial charge on any atom is -0.370 e. The predicted molar refractivity (Wildman–Crippen MR) is 106 cm³/mol. The van der Waals surface area contributed by atoms with Crippen LogP contribution in [0.5, 0.6) is 0 Å². The molecule has 1 aromatic carbocycles. The minimum absolute atomic E-state index is 0. The molecule has 0 bridgehead atoms. The first kappa shape index (κ1) is 19.5. The van der Waals surface area contributed by atoms with E-state index in [9.17, 15) is 0 Å². The van der Waals surface area contributed by atoms with Gasteiger partial charge in [-0.25, -0.2) is 9.98 Å². The maximum absolute atomic E-state index is 5.86. The van der Waals surface area contributed by atoms with E-state index in [0.717, 1.165) is 25.3 Å². The molecule has 0 aliphatic rings. The van der Waals surface area contributed by atoms with Crippen LogP contribution in [0.1, 0.15) is 25.2 Å². The van der Waals surface area contributed by atoms with Crippen molar-refractivity contribution in [3.8, 4) is 0 Å². The average Bonchev–Trinajstić information content (AvgIpc) is 2.97.